The standard InChI is InChI=1S/C30H36ClF3N4O2/c31-26-12-10-25(11-13-26)29(24-7-2-1-3-8-24)37-18-16-36(17-19-37)20-21-40-28-14-9-23(6-4-5-15-38(35)39)22-27(28)30(32,33)34/h1-3,7-14,22,29,39H,4-6,15-21,35H2/t29-/m0/s1. The van der Waals surface area contributed by atoms with Crippen molar-refractivity contribution in [3.05, 3.63) is 100 Å². The lowest BCUT2D eigenvalue weighted by Gasteiger charge is -2.39. The molecule has 1 aliphatic rings. The zero-order valence-corrected chi connectivity index (χ0v) is 23.1. The van der Waals surface area contributed by atoms with Crippen molar-refractivity contribution in [3.63, 3.8) is 0 Å². The van der Waals surface area contributed by atoms with Crippen LogP contribution >= 0.6 is 11.6 Å². The van der Waals surface area contributed by atoms with Crippen LogP contribution in [-0.2, 0) is 12.6 Å². The first-order chi connectivity index (χ1) is 19.2. The Bertz CT molecular complexity index is 1190. The number of hydrazine groups is 1. The Balaban J connectivity index is 1.32. The predicted octanol–water partition coefficient (Wildman–Crippen LogP) is 6.03. The van der Waals surface area contributed by atoms with Crippen LogP contribution in [0.3, 0.4) is 0 Å². The number of rotatable bonds is 12. The van der Waals surface area contributed by atoms with E-state index >= 15 is 0 Å². The molecule has 3 aromatic carbocycles. The minimum absolute atomic E-state index is 0.0996. The fourth-order valence-corrected chi connectivity index (χ4v) is 5.23. The van der Waals surface area contributed by atoms with Gasteiger partial charge in [0.1, 0.15) is 12.4 Å². The lowest BCUT2D eigenvalue weighted by Crippen LogP contribution is -2.48. The number of ether oxygens (including phenoxy) is 1. The monoisotopic (exact) mass is 576 g/mol. The van der Waals surface area contributed by atoms with Crippen LogP contribution in [0.5, 0.6) is 5.75 Å². The van der Waals surface area contributed by atoms with Gasteiger partial charge in [0.25, 0.3) is 0 Å². The maximum absolute atomic E-state index is 13.8. The third-order valence-electron chi connectivity index (χ3n) is 7.19. The molecule has 0 aromatic heterocycles. The van der Waals surface area contributed by atoms with Crippen molar-refractivity contribution in [3.8, 4) is 5.75 Å². The van der Waals surface area contributed by atoms with E-state index in [1.165, 1.54) is 17.2 Å². The molecule has 0 saturated carbocycles. The molecule has 1 heterocycles. The number of benzene rings is 3. The van der Waals surface area contributed by atoms with Gasteiger partial charge < -0.3 is 4.74 Å². The van der Waals surface area contributed by atoms with Gasteiger partial charge in [-0.3, -0.25) is 15.0 Å². The molecule has 1 aliphatic heterocycles. The van der Waals surface area contributed by atoms with E-state index in [-0.39, 0.29) is 24.9 Å². The first-order valence-corrected chi connectivity index (χ1v) is 13.9. The van der Waals surface area contributed by atoms with Gasteiger partial charge in [0.05, 0.1) is 11.6 Å². The Labute approximate surface area is 238 Å². The lowest BCUT2D eigenvalue weighted by molar-refractivity contribution is -0.139. The second-order valence-corrected chi connectivity index (χ2v) is 10.5. The molecule has 0 aliphatic carbocycles. The summed E-state index contributed by atoms with van der Waals surface area (Å²) in [6, 6.07) is 22.6. The number of nitrogens with zero attached hydrogens (tertiary/aromatic N) is 3. The molecular weight excluding hydrogens is 541 g/mol. The highest BCUT2D eigenvalue weighted by Crippen LogP contribution is 2.37. The van der Waals surface area contributed by atoms with Crippen LogP contribution < -0.4 is 10.6 Å². The van der Waals surface area contributed by atoms with Gasteiger partial charge in [-0.05, 0) is 60.2 Å². The average Bonchev–Trinajstić information content (AvgIpc) is 2.93. The minimum atomic E-state index is -4.51. The molecule has 0 spiro atoms. The SMILES string of the molecule is NN(O)CCCCc1ccc(OCCN2CCN([C@@H](c3ccccc3)c3ccc(Cl)cc3)CC2)c(C(F)(F)F)c1. The molecule has 10 heteroatoms. The number of hydrogen-bond acceptors (Lipinski definition) is 6. The van der Waals surface area contributed by atoms with E-state index in [1.54, 1.807) is 6.07 Å². The molecule has 4 rings (SSSR count). The van der Waals surface area contributed by atoms with Crippen molar-refractivity contribution in [2.75, 3.05) is 45.9 Å². The largest absolute Gasteiger partial charge is 0.492 e. The maximum Gasteiger partial charge on any atom is 0.419 e. The summed E-state index contributed by atoms with van der Waals surface area (Å²) in [5.74, 6) is 5.01. The number of hydroxylamine groups is 1. The van der Waals surface area contributed by atoms with Crippen LogP contribution in [0.15, 0.2) is 72.8 Å². The molecular formula is C30H36ClF3N4O2. The first-order valence-electron chi connectivity index (χ1n) is 13.5. The van der Waals surface area contributed by atoms with Crippen LogP contribution in [0.1, 0.15) is 41.1 Å². The Morgan fingerprint density at radius 1 is 0.925 bits per heavy atom. The summed E-state index contributed by atoms with van der Waals surface area (Å²) in [4.78, 5) is 4.66. The van der Waals surface area contributed by atoms with Gasteiger partial charge in [0.2, 0.25) is 0 Å². The van der Waals surface area contributed by atoms with Crippen LogP contribution in [0, 0.1) is 0 Å². The van der Waals surface area contributed by atoms with Gasteiger partial charge in [-0.1, -0.05) is 60.1 Å². The van der Waals surface area contributed by atoms with Crippen molar-refractivity contribution in [2.45, 2.75) is 31.5 Å². The second-order valence-electron chi connectivity index (χ2n) is 10.0. The topological polar surface area (TPSA) is 65.2 Å². The lowest BCUT2D eigenvalue weighted by atomic mass is 9.96. The fraction of sp³-hybridized carbons (Fsp3) is 0.400. The summed E-state index contributed by atoms with van der Waals surface area (Å²) in [5, 5.41) is 10.3. The molecule has 3 N–H and O–H groups in total. The molecule has 3 aromatic rings. The molecule has 6 nitrogen and oxygen atoms in total. The zero-order chi connectivity index (χ0) is 28.5. The van der Waals surface area contributed by atoms with Crippen LogP contribution in [0.25, 0.3) is 0 Å². The highest BCUT2D eigenvalue weighted by molar-refractivity contribution is 6.30. The summed E-state index contributed by atoms with van der Waals surface area (Å²) in [6.07, 6.45) is -2.86. The van der Waals surface area contributed by atoms with Crippen LogP contribution in [0.2, 0.25) is 5.02 Å². The average molecular weight is 577 g/mol. The highest BCUT2D eigenvalue weighted by atomic mass is 35.5. The maximum atomic E-state index is 13.8. The molecule has 0 unspecified atom stereocenters. The van der Waals surface area contributed by atoms with Gasteiger partial charge in [-0.15, -0.1) is 5.17 Å². The summed E-state index contributed by atoms with van der Waals surface area (Å²) < 4.78 is 47.0. The van der Waals surface area contributed by atoms with Gasteiger partial charge in [-0.25, -0.2) is 5.84 Å². The van der Waals surface area contributed by atoms with E-state index in [9.17, 15) is 13.2 Å². The molecule has 40 heavy (non-hydrogen) atoms. The number of aryl methyl sites for hydroxylation is 1. The Morgan fingerprint density at radius 3 is 2.25 bits per heavy atom. The summed E-state index contributed by atoms with van der Waals surface area (Å²) in [7, 11) is 0. The minimum Gasteiger partial charge on any atom is -0.492 e. The molecule has 216 valence electrons. The Morgan fingerprint density at radius 2 is 1.60 bits per heavy atom. The predicted molar refractivity (Wildman–Crippen MR) is 150 cm³/mol. The smallest absolute Gasteiger partial charge is 0.419 e. The Kier molecular flexibility index (Phi) is 10.8. The number of piperazine rings is 1. The zero-order valence-electron chi connectivity index (χ0n) is 22.4. The van der Waals surface area contributed by atoms with Crippen molar-refractivity contribution in [1.29, 1.82) is 0 Å². The van der Waals surface area contributed by atoms with E-state index in [1.807, 2.05) is 30.3 Å². The summed E-state index contributed by atoms with van der Waals surface area (Å²) >= 11 is 6.13. The number of alkyl halides is 3. The van der Waals surface area contributed by atoms with Gasteiger partial charge in [0, 0.05) is 44.3 Å². The fourth-order valence-electron chi connectivity index (χ4n) is 5.11. The van der Waals surface area contributed by atoms with E-state index in [0.717, 1.165) is 32.2 Å². The number of unbranched alkanes of at least 4 members (excludes halogenated alkanes) is 1. The number of halogens is 4. The normalized spacial score (nSPS) is 15.9. The molecule has 0 amide bonds. The summed E-state index contributed by atoms with van der Waals surface area (Å²) in [5.41, 5.74) is 2.20. The quantitative estimate of drug-likeness (QED) is 0.156. The number of hydrogen-bond donors (Lipinski definition) is 2. The molecule has 1 fully saturated rings. The van der Waals surface area contributed by atoms with Gasteiger partial charge >= 0.3 is 6.18 Å². The van der Waals surface area contributed by atoms with Gasteiger partial charge in [0.15, 0.2) is 0 Å². The van der Waals surface area contributed by atoms with Crippen molar-refractivity contribution in [1.82, 2.24) is 15.0 Å². The van der Waals surface area contributed by atoms with Crippen molar-refractivity contribution in [2.24, 2.45) is 5.84 Å². The molecule has 1 saturated heterocycles. The van der Waals surface area contributed by atoms with Crippen molar-refractivity contribution >= 4 is 11.6 Å². The number of nitrogens with two attached hydrogens (primary N) is 1. The van der Waals surface area contributed by atoms with E-state index in [2.05, 4.69) is 34.1 Å². The van der Waals surface area contributed by atoms with E-state index in [4.69, 9.17) is 27.4 Å². The molecule has 1 atom stereocenters. The van der Waals surface area contributed by atoms with Crippen LogP contribution in [0.4, 0.5) is 13.2 Å². The van der Waals surface area contributed by atoms with E-state index in [0.29, 0.717) is 41.6 Å². The molecule has 0 radical (unpaired) electrons. The van der Waals surface area contributed by atoms with E-state index < -0.39 is 11.7 Å². The highest BCUT2D eigenvalue weighted by Gasteiger charge is 2.35. The second kappa shape index (κ2) is 14.3. The van der Waals surface area contributed by atoms with Gasteiger partial charge in [-0.2, -0.15) is 13.2 Å². The van der Waals surface area contributed by atoms with Crippen molar-refractivity contribution < 1.29 is 23.1 Å². The Hall–Kier alpha value is -2.66. The first kappa shape index (κ1) is 30.3. The molecule has 0 bridgehead atoms. The summed E-state index contributed by atoms with van der Waals surface area (Å²) in [6.45, 7) is 4.20. The van der Waals surface area contributed by atoms with Crippen LogP contribution in [-0.4, -0.2) is 66.1 Å². The third-order valence-corrected chi connectivity index (χ3v) is 7.44. The third kappa shape index (κ3) is 8.67.